The van der Waals surface area contributed by atoms with Gasteiger partial charge in [-0.1, -0.05) is 30.3 Å². The van der Waals surface area contributed by atoms with Crippen molar-refractivity contribution in [1.82, 2.24) is 0 Å². The summed E-state index contributed by atoms with van der Waals surface area (Å²) in [5, 5.41) is 0. The Morgan fingerprint density at radius 2 is 1.33 bits per heavy atom. The van der Waals surface area contributed by atoms with E-state index in [-0.39, 0.29) is 4.90 Å². The molecule has 0 atom stereocenters. The molecule has 2 aromatic carbocycles. The Labute approximate surface area is 140 Å². The van der Waals surface area contributed by atoms with Crippen LogP contribution in [-0.2, 0) is 9.84 Å². The third-order valence-corrected chi connectivity index (χ3v) is 5.58. The summed E-state index contributed by atoms with van der Waals surface area (Å²) in [5.74, 6) is -3.41. The van der Waals surface area contributed by atoms with Gasteiger partial charge in [0.1, 0.15) is 0 Å². The van der Waals surface area contributed by atoms with Crippen molar-refractivity contribution in [2.45, 2.75) is 10.7 Å². The van der Waals surface area contributed by atoms with Gasteiger partial charge in [0.15, 0.2) is 0 Å². The standard InChI is InChI=1S/C17H18F2N2O2S/c18-17(19)24(22,23)16-9-5-4-8-15(16)21-12-10-20(11-13-21)14-6-2-1-3-7-14/h1-9,17H,10-13H2. The van der Waals surface area contributed by atoms with Gasteiger partial charge >= 0.3 is 5.76 Å². The van der Waals surface area contributed by atoms with Crippen LogP contribution >= 0.6 is 0 Å². The molecule has 24 heavy (non-hydrogen) atoms. The molecule has 1 aliphatic rings. The van der Waals surface area contributed by atoms with Crippen molar-refractivity contribution >= 4 is 21.2 Å². The maximum Gasteiger partial charge on any atom is 0.341 e. The fourth-order valence-electron chi connectivity index (χ4n) is 2.90. The molecule has 0 radical (unpaired) electrons. The van der Waals surface area contributed by atoms with Gasteiger partial charge in [-0.25, -0.2) is 8.42 Å². The number of hydrogen-bond donors (Lipinski definition) is 0. The highest BCUT2D eigenvalue weighted by Crippen LogP contribution is 2.30. The molecule has 0 saturated carbocycles. The van der Waals surface area contributed by atoms with Crippen molar-refractivity contribution in [3.63, 3.8) is 0 Å². The summed E-state index contributed by atoms with van der Waals surface area (Å²) >= 11 is 0. The minimum absolute atomic E-state index is 0.298. The van der Waals surface area contributed by atoms with Crippen molar-refractivity contribution in [1.29, 1.82) is 0 Å². The lowest BCUT2D eigenvalue weighted by Crippen LogP contribution is -2.47. The van der Waals surface area contributed by atoms with Gasteiger partial charge in [0.05, 0.1) is 10.6 Å². The van der Waals surface area contributed by atoms with E-state index in [1.165, 1.54) is 12.1 Å². The Bertz CT molecular complexity index is 789. The number of rotatable bonds is 4. The summed E-state index contributed by atoms with van der Waals surface area (Å²) in [6.45, 7) is 2.55. The Morgan fingerprint density at radius 1 is 0.792 bits per heavy atom. The summed E-state index contributed by atoms with van der Waals surface area (Å²) in [4.78, 5) is 3.75. The third kappa shape index (κ3) is 3.21. The lowest BCUT2D eigenvalue weighted by Gasteiger charge is -2.38. The van der Waals surface area contributed by atoms with E-state index in [0.29, 0.717) is 31.9 Å². The quantitative estimate of drug-likeness (QED) is 0.848. The van der Waals surface area contributed by atoms with Gasteiger partial charge in [-0.3, -0.25) is 0 Å². The molecule has 0 amide bonds. The number of sulfone groups is 1. The largest absolute Gasteiger partial charge is 0.368 e. The molecule has 2 aromatic rings. The van der Waals surface area contributed by atoms with Crippen molar-refractivity contribution < 1.29 is 17.2 Å². The van der Waals surface area contributed by atoms with Gasteiger partial charge in [0.25, 0.3) is 0 Å². The Kier molecular flexibility index (Phi) is 4.71. The van der Waals surface area contributed by atoms with Crippen LogP contribution in [0.1, 0.15) is 0 Å². The predicted octanol–water partition coefficient (Wildman–Crippen LogP) is 3.01. The molecule has 7 heteroatoms. The van der Waals surface area contributed by atoms with Crippen molar-refractivity contribution in [2.75, 3.05) is 36.0 Å². The molecule has 0 bridgehead atoms. The zero-order valence-electron chi connectivity index (χ0n) is 13.0. The van der Waals surface area contributed by atoms with E-state index < -0.39 is 15.6 Å². The minimum atomic E-state index is -4.61. The lowest BCUT2D eigenvalue weighted by molar-refractivity contribution is 0.235. The molecule has 3 rings (SSSR count). The highest BCUT2D eigenvalue weighted by Gasteiger charge is 2.31. The molecule has 4 nitrogen and oxygen atoms in total. The molecule has 0 aromatic heterocycles. The number of piperazine rings is 1. The average molecular weight is 352 g/mol. The summed E-state index contributed by atoms with van der Waals surface area (Å²) in [7, 11) is -4.61. The lowest BCUT2D eigenvalue weighted by atomic mass is 10.2. The molecule has 0 unspecified atom stereocenters. The molecular weight excluding hydrogens is 334 g/mol. The van der Waals surface area contributed by atoms with Crippen LogP contribution in [0.2, 0.25) is 0 Å². The van der Waals surface area contributed by atoms with Gasteiger partial charge in [0, 0.05) is 31.9 Å². The fraction of sp³-hybridized carbons (Fsp3) is 0.294. The maximum atomic E-state index is 12.9. The van der Waals surface area contributed by atoms with E-state index in [2.05, 4.69) is 4.90 Å². The van der Waals surface area contributed by atoms with E-state index >= 15 is 0 Å². The molecule has 0 aliphatic carbocycles. The predicted molar refractivity (Wildman–Crippen MR) is 90.5 cm³/mol. The topological polar surface area (TPSA) is 40.6 Å². The van der Waals surface area contributed by atoms with E-state index in [9.17, 15) is 17.2 Å². The van der Waals surface area contributed by atoms with Crippen molar-refractivity contribution in [2.24, 2.45) is 0 Å². The van der Waals surface area contributed by atoms with E-state index in [1.54, 1.807) is 12.1 Å². The second-order valence-electron chi connectivity index (χ2n) is 5.58. The van der Waals surface area contributed by atoms with Crippen LogP contribution in [0.15, 0.2) is 59.5 Å². The van der Waals surface area contributed by atoms with E-state index in [1.807, 2.05) is 35.2 Å². The summed E-state index contributed by atoms with van der Waals surface area (Å²) < 4.78 is 49.6. The summed E-state index contributed by atoms with van der Waals surface area (Å²) in [5.41, 5.74) is 1.45. The molecule has 1 fully saturated rings. The first-order valence-electron chi connectivity index (χ1n) is 7.66. The SMILES string of the molecule is O=S(=O)(c1ccccc1N1CCN(c2ccccc2)CC1)C(F)F. The number of nitrogens with zero attached hydrogens (tertiary/aromatic N) is 2. The zero-order valence-corrected chi connectivity index (χ0v) is 13.8. The smallest absolute Gasteiger partial charge is 0.341 e. The van der Waals surface area contributed by atoms with E-state index in [0.717, 1.165) is 5.69 Å². The van der Waals surface area contributed by atoms with Gasteiger partial charge in [-0.05, 0) is 24.3 Å². The van der Waals surface area contributed by atoms with Gasteiger partial charge in [-0.2, -0.15) is 8.78 Å². The number of anilines is 2. The average Bonchev–Trinajstić information content (AvgIpc) is 2.62. The van der Waals surface area contributed by atoms with Crippen LogP contribution in [-0.4, -0.2) is 40.4 Å². The first-order chi connectivity index (χ1) is 11.5. The van der Waals surface area contributed by atoms with Crippen LogP contribution < -0.4 is 9.80 Å². The van der Waals surface area contributed by atoms with Crippen LogP contribution in [0.4, 0.5) is 20.2 Å². The number of para-hydroxylation sites is 2. The third-order valence-electron chi connectivity index (χ3n) is 4.15. The van der Waals surface area contributed by atoms with Gasteiger partial charge in [-0.15, -0.1) is 0 Å². The fourth-order valence-corrected chi connectivity index (χ4v) is 3.85. The second kappa shape index (κ2) is 6.76. The highest BCUT2D eigenvalue weighted by atomic mass is 32.2. The van der Waals surface area contributed by atoms with E-state index in [4.69, 9.17) is 0 Å². The molecule has 1 saturated heterocycles. The molecule has 0 spiro atoms. The van der Waals surface area contributed by atoms with Gasteiger partial charge < -0.3 is 9.80 Å². The first kappa shape index (κ1) is 16.7. The van der Waals surface area contributed by atoms with Crippen molar-refractivity contribution in [3.05, 3.63) is 54.6 Å². The number of benzene rings is 2. The highest BCUT2D eigenvalue weighted by molar-refractivity contribution is 7.91. The zero-order chi connectivity index (χ0) is 17.2. The normalized spacial score (nSPS) is 15.8. The Hall–Kier alpha value is -2.15. The number of halogens is 2. The Balaban J connectivity index is 1.81. The molecular formula is C17H18F2N2O2S. The molecule has 1 heterocycles. The molecule has 128 valence electrons. The minimum Gasteiger partial charge on any atom is -0.368 e. The first-order valence-corrected chi connectivity index (χ1v) is 9.21. The van der Waals surface area contributed by atoms with Gasteiger partial charge in [0.2, 0.25) is 9.84 Å². The second-order valence-corrected chi connectivity index (χ2v) is 7.47. The van der Waals surface area contributed by atoms with Crippen LogP contribution in [0.3, 0.4) is 0 Å². The maximum absolute atomic E-state index is 12.9. The van der Waals surface area contributed by atoms with Crippen LogP contribution in [0, 0.1) is 0 Å². The number of hydrogen-bond acceptors (Lipinski definition) is 4. The van der Waals surface area contributed by atoms with Crippen molar-refractivity contribution in [3.8, 4) is 0 Å². The Morgan fingerprint density at radius 3 is 1.96 bits per heavy atom. The summed E-state index contributed by atoms with van der Waals surface area (Å²) in [6.07, 6.45) is 0. The van der Waals surface area contributed by atoms with Crippen LogP contribution in [0.25, 0.3) is 0 Å². The summed E-state index contributed by atoms with van der Waals surface area (Å²) in [6, 6.07) is 15.9. The number of alkyl halides is 2. The molecule has 1 aliphatic heterocycles. The molecule has 0 N–H and O–H groups in total. The van der Waals surface area contributed by atoms with Crippen LogP contribution in [0.5, 0.6) is 0 Å². The monoisotopic (exact) mass is 352 g/mol.